The largest absolute Gasteiger partial charge is 0.461 e. The van der Waals surface area contributed by atoms with Gasteiger partial charge < -0.3 is 4.74 Å². The first-order valence-electron chi connectivity index (χ1n) is 7.86. The molecular weight excluding hydrogens is 447 g/mol. The van der Waals surface area contributed by atoms with Crippen LogP contribution in [0, 0.1) is 0 Å². The number of carbonyl (C=O) groups excluding carboxylic acids is 1. The van der Waals surface area contributed by atoms with Gasteiger partial charge in [-0.05, 0) is 6.42 Å². The van der Waals surface area contributed by atoms with Gasteiger partial charge in [0.15, 0.2) is 0 Å². The maximum Gasteiger partial charge on any atom is 0.460 e. The van der Waals surface area contributed by atoms with Crippen molar-refractivity contribution >= 4 is 5.97 Å². The van der Waals surface area contributed by atoms with Crippen LogP contribution in [-0.4, -0.2) is 48.4 Å². The zero-order valence-electron chi connectivity index (χ0n) is 14.5. The molecule has 0 amide bonds. The van der Waals surface area contributed by atoms with Crippen molar-refractivity contribution in [3.8, 4) is 0 Å². The van der Waals surface area contributed by atoms with Gasteiger partial charge in [0.2, 0.25) is 0 Å². The molecule has 0 aliphatic heterocycles. The van der Waals surface area contributed by atoms with E-state index in [1.807, 2.05) is 0 Å². The molecule has 0 aliphatic rings. The minimum atomic E-state index is -8.04. The van der Waals surface area contributed by atoms with Gasteiger partial charge in [0, 0.05) is 0 Å². The van der Waals surface area contributed by atoms with Crippen molar-refractivity contribution in [2.24, 2.45) is 0 Å². The Labute approximate surface area is 155 Å². The van der Waals surface area contributed by atoms with E-state index in [4.69, 9.17) is 0 Å². The first-order chi connectivity index (χ1) is 12.7. The van der Waals surface area contributed by atoms with Gasteiger partial charge in [0.25, 0.3) is 0 Å². The number of ether oxygens (including phenoxy) is 1. The molecule has 0 saturated heterocycles. The lowest BCUT2D eigenvalue weighted by Crippen LogP contribution is -2.71. The molecule has 0 fully saturated rings. The van der Waals surface area contributed by atoms with Crippen LogP contribution in [0.2, 0.25) is 0 Å². The Morgan fingerprint density at radius 3 is 1.45 bits per heavy atom. The van der Waals surface area contributed by atoms with E-state index in [-0.39, 0.29) is 12.8 Å². The minimum Gasteiger partial charge on any atom is -0.461 e. The number of carbonyl (C=O) groups is 1. The zero-order valence-corrected chi connectivity index (χ0v) is 14.5. The second-order valence-corrected chi connectivity index (χ2v) is 5.92. The van der Waals surface area contributed by atoms with E-state index in [0.29, 0.717) is 12.8 Å². The summed E-state index contributed by atoms with van der Waals surface area (Å²) in [5, 5.41) is 0. The Hall–Kier alpha value is -1.44. The molecule has 0 bridgehead atoms. The molecule has 0 aliphatic carbocycles. The molecule has 0 spiro atoms. The third kappa shape index (κ3) is 4.84. The Kier molecular flexibility index (Phi) is 8.31. The van der Waals surface area contributed by atoms with Gasteiger partial charge in [-0.1, -0.05) is 32.6 Å². The topological polar surface area (TPSA) is 26.3 Å². The quantitative estimate of drug-likeness (QED) is 0.207. The summed E-state index contributed by atoms with van der Waals surface area (Å²) < 4.78 is 170. The third-order valence-electron chi connectivity index (χ3n) is 3.67. The number of unbranched alkanes of at least 4 members (excludes halogenated alkanes) is 4. The van der Waals surface area contributed by atoms with Crippen molar-refractivity contribution in [1.29, 1.82) is 0 Å². The monoisotopic (exact) mass is 462 g/mol. The lowest BCUT2D eigenvalue weighted by atomic mass is 9.94. The highest BCUT2D eigenvalue weighted by Crippen LogP contribution is 2.60. The number of alkyl halides is 13. The molecule has 29 heavy (non-hydrogen) atoms. The Balaban J connectivity index is 5.62. The van der Waals surface area contributed by atoms with Crippen LogP contribution in [0.5, 0.6) is 0 Å². The molecule has 0 unspecified atom stereocenters. The van der Waals surface area contributed by atoms with Gasteiger partial charge in [0.1, 0.15) is 0 Å². The average Bonchev–Trinajstić information content (AvgIpc) is 2.55. The molecular formula is C14H15F13O2. The van der Waals surface area contributed by atoms with Gasteiger partial charge in [-0.25, -0.2) is 4.79 Å². The van der Waals surface area contributed by atoms with Crippen molar-refractivity contribution < 1.29 is 66.6 Å². The summed E-state index contributed by atoms with van der Waals surface area (Å²) in [5.41, 5.74) is 0. The number of halogens is 13. The van der Waals surface area contributed by atoms with E-state index in [1.54, 1.807) is 6.92 Å². The van der Waals surface area contributed by atoms with Crippen LogP contribution < -0.4 is 0 Å². The molecule has 0 rings (SSSR count). The highest BCUT2D eigenvalue weighted by molar-refractivity contribution is 5.79. The van der Waals surface area contributed by atoms with Gasteiger partial charge >= 0.3 is 41.8 Å². The van der Waals surface area contributed by atoms with Gasteiger partial charge in [-0.15, -0.1) is 0 Å². The molecule has 174 valence electrons. The fourth-order valence-electron chi connectivity index (χ4n) is 1.86. The van der Waals surface area contributed by atoms with Crippen LogP contribution in [0.1, 0.15) is 39.0 Å². The fourth-order valence-corrected chi connectivity index (χ4v) is 1.86. The van der Waals surface area contributed by atoms with E-state index >= 15 is 0 Å². The second-order valence-electron chi connectivity index (χ2n) is 5.92. The van der Waals surface area contributed by atoms with Crippen molar-refractivity contribution in [2.45, 2.75) is 74.8 Å². The Morgan fingerprint density at radius 2 is 1.03 bits per heavy atom. The van der Waals surface area contributed by atoms with E-state index in [2.05, 4.69) is 4.74 Å². The summed E-state index contributed by atoms with van der Waals surface area (Å²) in [6.07, 6.45) is -5.64. The fraction of sp³-hybridized carbons (Fsp3) is 0.929. The third-order valence-corrected chi connectivity index (χ3v) is 3.67. The molecule has 2 nitrogen and oxygen atoms in total. The number of esters is 1. The van der Waals surface area contributed by atoms with Crippen molar-refractivity contribution in [3.05, 3.63) is 0 Å². The summed E-state index contributed by atoms with van der Waals surface area (Å²) in [5.74, 6) is -41.8. The van der Waals surface area contributed by atoms with Gasteiger partial charge in [-0.3, -0.25) is 0 Å². The molecule has 15 heteroatoms. The van der Waals surface area contributed by atoms with Gasteiger partial charge in [0.05, 0.1) is 6.61 Å². The van der Waals surface area contributed by atoms with Crippen LogP contribution in [0.15, 0.2) is 0 Å². The van der Waals surface area contributed by atoms with Crippen LogP contribution in [0.25, 0.3) is 0 Å². The molecule has 0 radical (unpaired) electrons. The molecule has 0 heterocycles. The summed E-state index contributed by atoms with van der Waals surface area (Å²) in [4.78, 5) is 11.0. The predicted octanol–water partition coefficient (Wildman–Crippen LogP) is 6.24. The van der Waals surface area contributed by atoms with Crippen molar-refractivity contribution in [2.75, 3.05) is 6.61 Å². The normalized spacial score (nSPS) is 14.8. The minimum absolute atomic E-state index is 0.216. The molecule has 0 N–H and O–H groups in total. The molecule has 0 aromatic carbocycles. The predicted molar refractivity (Wildman–Crippen MR) is 70.5 cm³/mol. The highest BCUT2D eigenvalue weighted by atomic mass is 19.4. The molecule has 0 saturated carbocycles. The van der Waals surface area contributed by atoms with Crippen LogP contribution >= 0.6 is 0 Å². The van der Waals surface area contributed by atoms with Crippen molar-refractivity contribution in [3.63, 3.8) is 0 Å². The number of rotatable bonds is 11. The molecule has 0 atom stereocenters. The van der Waals surface area contributed by atoms with Crippen LogP contribution in [0.3, 0.4) is 0 Å². The molecule has 0 aromatic heterocycles. The van der Waals surface area contributed by atoms with Crippen LogP contribution in [0.4, 0.5) is 57.1 Å². The average molecular weight is 462 g/mol. The van der Waals surface area contributed by atoms with E-state index in [9.17, 15) is 61.9 Å². The summed E-state index contributed by atoms with van der Waals surface area (Å²) in [7, 11) is 0. The smallest absolute Gasteiger partial charge is 0.460 e. The van der Waals surface area contributed by atoms with E-state index in [0.717, 1.165) is 6.42 Å². The SMILES string of the molecule is CCCCCCCOC(=O)C(F)(F)C(F)(F)C(F)(F)C(F)(F)C(F)(F)C(F)(F)F. The number of hydrogen-bond acceptors (Lipinski definition) is 2. The maximum absolute atomic E-state index is 13.4. The van der Waals surface area contributed by atoms with Crippen molar-refractivity contribution in [1.82, 2.24) is 0 Å². The van der Waals surface area contributed by atoms with Gasteiger partial charge in [-0.2, -0.15) is 57.1 Å². The van der Waals surface area contributed by atoms with E-state index < -0.39 is 48.4 Å². The lowest BCUT2D eigenvalue weighted by Gasteiger charge is -2.38. The first-order valence-corrected chi connectivity index (χ1v) is 7.86. The highest BCUT2D eigenvalue weighted by Gasteiger charge is 2.92. The van der Waals surface area contributed by atoms with Crippen LogP contribution in [-0.2, 0) is 9.53 Å². The van der Waals surface area contributed by atoms with E-state index in [1.165, 1.54) is 0 Å². The molecule has 0 aromatic rings. The maximum atomic E-state index is 13.4. The summed E-state index contributed by atoms with van der Waals surface area (Å²) in [6, 6.07) is 0. The number of hydrogen-bond donors (Lipinski definition) is 0. The second kappa shape index (κ2) is 8.74. The summed E-state index contributed by atoms with van der Waals surface area (Å²) >= 11 is 0. The lowest BCUT2D eigenvalue weighted by molar-refractivity contribution is -0.437. The zero-order chi connectivity index (χ0) is 23.5. The Bertz CT molecular complexity index is 554. The standard InChI is InChI=1S/C14H15F13O2/c1-2-3-4-5-6-7-29-8(28)9(15,16)10(17,18)11(19,20)12(21,22)13(23,24)14(25,26)27/h2-7H2,1H3. The Morgan fingerprint density at radius 1 is 0.621 bits per heavy atom. The first kappa shape index (κ1) is 27.6. The summed E-state index contributed by atoms with van der Waals surface area (Å²) in [6.45, 7) is 0.746.